The van der Waals surface area contributed by atoms with Crippen LogP contribution in [-0.2, 0) is 6.61 Å². The lowest BCUT2D eigenvalue weighted by molar-refractivity contribution is 0.306. The summed E-state index contributed by atoms with van der Waals surface area (Å²) in [5.74, 6) is 0.755. The second-order valence-corrected chi connectivity index (χ2v) is 5.21. The van der Waals surface area contributed by atoms with E-state index in [4.69, 9.17) is 10.5 Å². The molecule has 0 aliphatic carbocycles. The maximum atomic E-state index is 5.96. The first-order chi connectivity index (χ1) is 8.97. The minimum absolute atomic E-state index is 0.561. The quantitative estimate of drug-likeness (QED) is 0.839. The van der Waals surface area contributed by atoms with Crippen LogP contribution in [-0.4, -0.2) is 0 Å². The second-order valence-electron chi connectivity index (χ2n) is 5.21. The number of nitrogens with two attached hydrogens (primary N) is 1. The van der Waals surface area contributed by atoms with Crippen molar-refractivity contribution in [1.82, 2.24) is 0 Å². The predicted molar refractivity (Wildman–Crippen MR) is 80.6 cm³/mol. The van der Waals surface area contributed by atoms with Gasteiger partial charge < -0.3 is 10.5 Å². The number of nitrogen functional groups attached to an aromatic ring is 1. The fourth-order valence-corrected chi connectivity index (χ4v) is 2.39. The fourth-order valence-electron chi connectivity index (χ4n) is 2.39. The summed E-state index contributed by atoms with van der Waals surface area (Å²) >= 11 is 0. The molecule has 2 aromatic rings. The molecule has 0 unspecified atom stereocenters. The van der Waals surface area contributed by atoms with E-state index in [1.807, 2.05) is 25.1 Å². The van der Waals surface area contributed by atoms with Crippen LogP contribution in [0.25, 0.3) is 0 Å². The molecule has 2 heteroatoms. The minimum atomic E-state index is 0.561. The molecule has 0 amide bonds. The molecule has 2 rings (SSSR count). The van der Waals surface area contributed by atoms with Crippen molar-refractivity contribution in [3.63, 3.8) is 0 Å². The Morgan fingerprint density at radius 2 is 1.53 bits per heavy atom. The number of aryl methyl sites for hydroxylation is 4. The van der Waals surface area contributed by atoms with Gasteiger partial charge in [0.25, 0.3) is 0 Å². The van der Waals surface area contributed by atoms with Gasteiger partial charge in [0, 0.05) is 0 Å². The van der Waals surface area contributed by atoms with Crippen LogP contribution in [0.5, 0.6) is 5.75 Å². The van der Waals surface area contributed by atoms with Gasteiger partial charge in [0.2, 0.25) is 0 Å². The normalized spacial score (nSPS) is 10.5. The SMILES string of the molecule is Cc1cc(C)c(COc2ccc(C)cc2N)c(C)c1. The number of rotatable bonds is 3. The van der Waals surface area contributed by atoms with Crippen LogP contribution < -0.4 is 10.5 Å². The summed E-state index contributed by atoms with van der Waals surface area (Å²) in [5.41, 5.74) is 12.9. The zero-order valence-electron chi connectivity index (χ0n) is 12.1. The number of anilines is 1. The Hall–Kier alpha value is -1.96. The lowest BCUT2D eigenvalue weighted by Crippen LogP contribution is -2.03. The van der Waals surface area contributed by atoms with Gasteiger partial charge >= 0.3 is 0 Å². The van der Waals surface area contributed by atoms with Gasteiger partial charge in [-0.25, -0.2) is 0 Å². The Bertz CT molecular complexity index is 579. The molecular formula is C17H21NO. The Kier molecular flexibility index (Phi) is 3.79. The smallest absolute Gasteiger partial charge is 0.142 e. The summed E-state index contributed by atoms with van der Waals surface area (Å²) < 4.78 is 5.85. The first kappa shape index (κ1) is 13.5. The summed E-state index contributed by atoms with van der Waals surface area (Å²) in [7, 11) is 0. The number of ether oxygens (including phenoxy) is 1. The van der Waals surface area contributed by atoms with Gasteiger partial charge in [-0.05, 0) is 62.1 Å². The van der Waals surface area contributed by atoms with Crippen molar-refractivity contribution in [3.05, 3.63) is 58.1 Å². The summed E-state index contributed by atoms with van der Waals surface area (Å²) in [5, 5.41) is 0. The zero-order valence-corrected chi connectivity index (χ0v) is 12.1. The van der Waals surface area contributed by atoms with Crippen molar-refractivity contribution in [2.45, 2.75) is 34.3 Å². The van der Waals surface area contributed by atoms with Gasteiger partial charge in [-0.1, -0.05) is 23.8 Å². The third-order valence-electron chi connectivity index (χ3n) is 3.38. The lowest BCUT2D eigenvalue weighted by Gasteiger charge is -2.14. The van der Waals surface area contributed by atoms with Crippen molar-refractivity contribution in [3.8, 4) is 5.75 Å². The van der Waals surface area contributed by atoms with E-state index < -0.39 is 0 Å². The molecule has 0 aliphatic heterocycles. The Labute approximate surface area is 115 Å². The van der Waals surface area contributed by atoms with Crippen LogP contribution in [0.1, 0.15) is 27.8 Å². The van der Waals surface area contributed by atoms with Crippen LogP contribution >= 0.6 is 0 Å². The Balaban J connectivity index is 2.19. The topological polar surface area (TPSA) is 35.2 Å². The summed E-state index contributed by atoms with van der Waals surface area (Å²) in [6.07, 6.45) is 0. The Morgan fingerprint density at radius 3 is 2.11 bits per heavy atom. The molecule has 0 spiro atoms. The molecule has 19 heavy (non-hydrogen) atoms. The van der Waals surface area contributed by atoms with Gasteiger partial charge in [-0.3, -0.25) is 0 Å². The molecule has 0 aliphatic rings. The molecule has 0 bridgehead atoms. The highest BCUT2D eigenvalue weighted by atomic mass is 16.5. The van der Waals surface area contributed by atoms with Crippen molar-refractivity contribution < 1.29 is 4.74 Å². The van der Waals surface area contributed by atoms with Crippen molar-refractivity contribution in [2.75, 3.05) is 5.73 Å². The standard InChI is InChI=1S/C17H21NO/c1-11-5-6-17(16(18)9-11)19-10-15-13(3)7-12(2)8-14(15)4/h5-9H,10,18H2,1-4H3. The third kappa shape index (κ3) is 3.08. The Morgan fingerprint density at radius 1 is 0.895 bits per heavy atom. The number of hydrogen-bond acceptors (Lipinski definition) is 2. The highest BCUT2D eigenvalue weighted by molar-refractivity contribution is 5.54. The van der Waals surface area contributed by atoms with E-state index in [1.54, 1.807) is 0 Å². The zero-order chi connectivity index (χ0) is 14.0. The van der Waals surface area contributed by atoms with Crippen LogP contribution in [0.4, 0.5) is 5.69 Å². The van der Waals surface area contributed by atoms with Crippen LogP contribution in [0.3, 0.4) is 0 Å². The molecule has 0 saturated carbocycles. The molecule has 100 valence electrons. The summed E-state index contributed by atoms with van der Waals surface area (Å²) in [6, 6.07) is 10.3. The van der Waals surface area contributed by atoms with Crippen LogP contribution in [0, 0.1) is 27.7 Å². The van der Waals surface area contributed by atoms with E-state index in [0.717, 1.165) is 11.3 Å². The molecule has 0 fully saturated rings. The predicted octanol–water partition coefficient (Wildman–Crippen LogP) is 4.08. The van der Waals surface area contributed by atoms with Crippen molar-refractivity contribution in [2.24, 2.45) is 0 Å². The molecule has 0 radical (unpaired) electrons. The van der Waals surface area contributed by atoms with E-state index in [-0.39, 0.29) is 0 Å². The first-order valence-electron chi connectivity index (χ1n) is 6.53. The molecule has 0 aromatic heterocycles. The van der Waals surface area contributed by atoms with Gasteiger partial charge in [-0.15, -0.1) is 0 Å². The maximum Gasteiger partial charge on any atom is 0.142 e. The molecule has 2 N–H and O–H groups in total. The van der Waals surface area contributed by atoms with E-state index >= 15 is 0 Å². The minimum Gasteiger partial charge on any atom is -0.487 e. The molecule has 0 heterocycles. The van der Waals surface area contributed by atoms with Gasteiger partial charge in [-0.2, -0.15) is 0 Å². The van der Waals surface area contributed by atoms with E-state index in [1.165, 1.54) is 22.3 Å². The number of benzene rings is 2. The average molecular weight is 255 g/mol. The van der Waals surface area contributed by atoms with Crippen LogP contribution in [0.2, 0.25) is 0 Å². The van der Waals surface area contributed by atoms with Crippen LogP contribution in [0.15, 0.2) is 30.3 Å². The summed E-state index contributed by atoms with van der Waals surface area (Å²) in [4.78, 5) is 0. The fraction of sp³-hybridized carbons (Fsp3) is 0.294. The van der Waals surface area contributed by atoms with Gasteiger partial charge in [0.1, 0.15) is 12.4 Å². The molecule has 2 aromatic carbocycles. The first-order valence-corrected chi connectivity index (χ1v) is 6.53. The van der Waals surface area contributed by atoms with E-state index in [2.05, 4.69) is 32.9 Å². The van der Waals surface area contributed by atoms with Gasteiger partial charge in [0.15, 0.2) is 0 Å². The molecule has 2 nitrogen and oxygen atoms in total. The van der Waals surface area contributed by atoms with E-state index in [0.29, 0.717) is 12.3 Å². The maximum absolute atomic E-state index is 5.96. The van der Waals surface area contributed by atoms with Gasteiger partial charge in [0.05, 0.1) is 5.69 Å². The van der Waals surface area contributed by atoms with Crippen molar-refractivity contribution >= 4 is 5.69 Å². The average Bonchev–Trinajstić information content (AvgIpc) is 2.30. The third-order valence-corrected chi connectivity index (χ3v) is 3.38. The molecule has 0 atom stereocenters. The van der Waals surface area contributed by atoms with Crippen molar-refractivity contribution in [1.29, 1.82) is 0 Å². The molecular weight excluding hydrogens is 234 g/mol. The number of hydrogen-bond donors (Lipinski definition) is 1. The lowest BCUT2D eigenvalue weighted by atomic mass is 10.0. The largest absolute Gasteiger partial charge is 0.487 e. The summed E-state index contributed by atoms with van der Waals surface area (Å²) in [6.45, 7) is 8.94. The highest BCUT2D eigenvalue weighted by Crippen LogP contribution is 2.25. The molecule has 0 saturated heterocycles. The second kappa shape index (κ2) is 5.35. The van der Waals surface area contributed by atoms with E-state index in [9.17, 15) is 0 Å². The highest BCUT2D eigenvalue weighted by Gasteiger charge is 2.06. The monoisotopic (exact) mass is 255 g/mol.